The number of nitrogens with one attached hydrogen (secondary N) is 1. The van der Waals surface area contributed by atoms with Gasteiger partial charge in [-0.3, -0.25) is 14.9 Å². The minimum atomic E-state index is -0.530. The maximum absolute atomic E-state index is 12.2. The molecule has 0 saturated heterocycles. The molecule has 6 nitrogen and oxygen atoms in total. The van der Waals surface area contributed by atoms with Gasteiger partial charge in [-0.15, -0.1) is 0 Å². The smallest absolute Gasteiger partial charge is 0.274 e. The highest BCUT2D eigenvalue weighted by Crippen LogP contribution is 2.27. The van der Waals surface area contributed by atoms with Crippen molar-refractivity contribution in [1.29, 1.82) is 0 Å². The highest BCUT2D eigenvalue weighted by atomic mass is 35.5. The van der Waals surface area contributed by atoms with Gasteiger partial charge in [-0.2, -0.15) is 0 Å². The van der Waals surface area contributed by atoms with Gasteiger partial charge in [0.05, 0.1) is 15.5 Å². The first kappa shape index (κ1) is 16.1. The van der Waals surface area contributed by atoms with Crippen LogP contribution >= 0.6 is 23.2 Å². The number of para-hydroxylation sites is 1. The molecule has 0 aliphatic heterocycles. The van der Waals surface area contributed by atoms with E-state index >= 15 is 0 Å². The summed E-state index contributed by atoms with van der Waals surface area (Å²) in [6, 6.07) is 8.94. The summed E-state index contributed by atoms with van der Waals surface area (Å²) in [4.78, 5) is 22.6. The molecule has 2 aromatic carbocycles. The quantitative estimate of drug-likeness (QED) is 0.506. The highest BCUT2D eigenvalue weighted by molar-refractivity contribution is 6.37. The number of carbonyl (C=O) groups is 1. The number of nitro groups is 1. The second-order valence-corrected chi connectivity index (χ2v) is 5.26. The number of hydrogen-bond donors (Lipinski definition) is 2. The Morgan fingerprint density at radius 1 is 1.27 bits per heavy atom. The molecule has 0 heterocycles. The molecular weight excluding hydrogens is 329 g/mol. The van der Waals surface area contributed by atoms with Gasteiger partial charge >= 0.3 is 0 Å². The summed E-state index contributed by atoms with van der Waals surface area (Å²) in [7, 11) is 0. The summed E-state index contributed by atoms with van der Waals surface area (Å²) in [5.74, 6) is -0.530. The Bertz CT molecular complexity index is 727. The predicted octanol–water partition coefficient (Wildman–Crippen LogP) is 3.41. The van der Waals surface area contributed by atoms with E-state index in [0.717, 1.165) is 0 Å². The van der Waals surface area contributed by atoms with Crippen LogP contribution < -0.4 is 11.1 Å². The number of hydrogen-bond acceptors (Lipinski definition) is 4. The molecule has 2 aromatic rings. The van der Waals surface area contributed by atoms with Crippen molar-refractivity contribution >= 4 is 40.5 Å². The Morgan fingerprint density at radius 2 is 1.95 bits per heavy atom. The number of nitro benzene ring substituents is 1. The van der Waals surface area contributed by atoms with Gasteiger partial charge in [-0.1, -0.05) is 41.4 Å². The van der Waals surface area contributed by atoms with Gasteiger partial charge < -0.3 is 11.1 Å². The summed E-state index contributed by atoms with van der Waals surface area (Å²) in [5, 5.41) is 13.9. The molecule has 1 amide bonds. The molecule has 8 heteroatoms. The maximum Gasteiger partial charge on any atom is 0.274 e. The lowest BCUT2D eigenvalue weighted by Gasteiger charge is -2.10. The monoisotopic (exact) mass is 339 g/mol. The second-order valence-electron chi connectivity index (χ2n) is 4.42. The van der Waals surface area contributed by atoms with E-state index < -0.39 is 10.8 Å². The first-order chi connectivity index (χ1) is 10.4. The number of carbonyl (C=O) groups excluding carboxylic acids is 1. The van der Waals surface area contributed by atoms with Gasteiger partial charge in [0.2, 0.25) is 0 Å². The summed E-state index contributed by atoms with van der Waals surface area (Å²) in [6.45, 7) is -0.0195. The van der Waals surface area contributed by atoms with Crippen LogP contribution in [0.2, 0.25) is 10.0 Å². The van der Waals surface area contributed by atoms with Crippen LogP contribution in [-0.2, 0) is 6.54 Å². The van der Waals surface area contributed by atoms with Crippen molar-refractivity contribution in [1.82, 2.24) is 5.32 Å². The third-order valence-corrected chi connectivity index (χ3v) is 3.46. The molecule has 2 rings (SSSR count). The van der Waals surface area contributed by atoms with Crippen molar-refractivity contribution < 1.29 is 9.72 Å². The van der Waals surface area contributed by atoms with Gasteiger partial charge in [0.15, 0.2) is 0 Å². The average Bonchev–Trinajstić information content (AvgIpc) is 2.44. The lowest BCUT2D eigenvalue weighted by atomic mass is 10.1. The SMILES string of the molecule is Nc1cc(Cl)cc(Cl)c1C(=O)NCc1ccccc1[N+](=O)[O-]. The van der Waals surface area contributed by atoms with Crippen molar-refractivity contribution in [3.63, 3.8) is 0 Å². The fourth-order valence-electron chi connectivity index (χ4n) is 1.94. The van der Waals surface area contributed by atoms with Gasteiger partial charge in [0.25, 0.3) is 11.6 Å². The Balaban J connectivity index is 2.20. The molecule has 0 bridgehead atoms. The Kier molecular flexibility index (Phi) is 4.85. The summed E-state index contributed by atoms with van der Waals surface area (Å²) >= 11 is 11.7. The maximum atomic E-state index is 12.2. The van der Waals surface area contributed by atoms with Crippen molar-refractivity contribution in [2.45, 2.75) is 6.54 Å². The number of benzene rings is 2. The summed E-state index contributed by atoms with van der Waals surface area (Å²) in [5.41, 5.74) is 6.26. The van der Waals surface area contributed by atoms with E-state index in [1.54, 1.807) is 18.2 Å². The molecule has 22 heavy (non-hydrogen) atoms. The topological polar surface area (TPSA) is 98.3 Å². The lowest BCUT2D eigenvalue weighted by molar-refractivity contribution is -0.385. The van der Waals surface area contributed by atoms with E-state index in [4.69, 9.17) is 28.9 Å². The van der Waals surface area contributed by atoms with Crippen LogP contribution in [0.15, 0.2) is 36.4 Å². The van der Waals surface area contributed by atoms with Gasteiger partial charge in [0.1, 0.15) is 0 Å². The van der Waals surface area contributed by atoms with Crippen molar-refractivity contribution in [3.8, 4) is 0 Å². The van der Waals surface area contributed by atoms with E-state index in [1.807, 2.05) is 0 Å². The lowest BCUT2D eigenvalue weighted by Crippen LogP contribution is -2.24. The van der Waals surface area contributed by atoms with Crippen molar-refractivity contribution in [2.75, 3.05) is 5.73 Å². The number of nitrogens with zero attached hydrogens (tertiary/aromatic N) is 1. The van der Waals surface area contributed by atoms with Gasteiger partial charge in [0, 0.05) is 28.9 Å². The van der Waals surface area contributed by atoms with Crippen LogP contribution in [-0.4, -0.2) is 10.8 Å². The molecule has 3 N–H and O–H groups in total. The number of rotatable bonds is 4. The number of nitrogens with two attached hydrogens (primary N) is 1. The van der Waals surface area contributed by atoms with Crippen LogP contribution in [0, 0.1) is 10.1 Å². The van der Waals surface area contributed by atoms with Crippen LogP contribution in [0.4, 0.5) is 11.4 Å². The molecule has 0 aromatic heterocycles. The Labute approximate surface area is 136 Å². The standard InChI is InChI=1S/C14H11Cl2N3O3/c15-9-5-10(16)13(11(17)6-9)14(20)18-7-8-3-1-2-4-12(8)19(21)22/h1-6H,7,17H2,(H,18,20). The molecule has 0 aliphatic carbocycles. The van der Waals surface area contributed by atoms with Crippen LogP contribution in [0.25, 0.3) is 0 Å². The largest absolute Gasteiger partial charge is 0.398 e. The van der Waals surface area contributed by atoms with E-state index in [9.17, 15) is 14.9 Å². The van der Waals surface area contributed by atoms with Gasteiger partial charge in [-0.05, 0) is 12.1 Å². The first-order valence-corrected chi connectivity index (χ1v) is 6.90. The van der Waals surface area contributed by atoms with Crippen molar-refractivity contribution in [3.05, 3.63) is 67.7 Å². The molecule has 0 unspecified atom stereocenters. The number of anilines is 1. The zero-order valence-electron chi connectivity index (χ0n) is 11.2. The molecule has 0 aliphatic rings. The minimum absolute atomic E-state index is 0.0195. The normalized spacial score (nSPS) is 10.3. The molecule has 0 spiro atoms. The number of nitrogen functional groups attached to an aromatic ring is 1. The van der Waals surface area contributed by atoms with Crippen LogP contribution in [0.1, 0.15) is 15.9 Å². The van der Waals surface area contributed by atoms with Gasteiger partial charge in [-0.25, -0.2) is 0 Å². The molecule has 0 fully saturated rings. The van der Waals surface area contributed by atoms with E-state index in [1.165, 1.54) is 18.2 Å². The number of halogens is 2. The fourth-order valence-corrected chi connectivity index (χ4v) is 2.53. The summed E-state index contributed by atoms with van der Waals surface area (Å²) in [6.07, 6.45) is 0. The zero-order chi connectivity index (χ0) is 16.3. The average molecular weight is 340 g/mol. The number of amides is 1. The predicted molar refractivity (Wildman–Crippen MR) is 85.1 cm³/mol. The van der Waals surface area contributed by atoms with E-state index in [-0.39, 0.29) is 28.5 Å². The zero-order valence-corrected chi connectivity index (χ0v) is 12.7. The molecular formula is C14H11Cl2N3O3. The van der Waals surface area contributed by atoms with Crippen molar-refractivity contribution in [2.24, 2.45) is 0 Å². The minimum Gasteiger partial charge on any atom is -0.398 e. The molecule has 0 atom stereocenters. The Hall–Kier alpha value is -2.31. The summed E-state index contributed by atoms with van der Waals surface area (Å²) < 4.78 is 0. The second kappa shape index (κ2) is 6.64. The molecule has 114 valence electrons. The highest BCUT2D eigenvalue weighted by Gasteiger charge is 2.17. The van der Waals surface area contributed by atoms with Crippen LogP contribution in [0.3, 0.4) is 0 Å². The first-order valence-electron chi connectivity index (χ1n) is 6.15. The van der Waals surface area contributed by atoms with Crippen LogP contribution in [0.5, 0.6) is 0 Å². The fraction of sp³-hybridized carbons (Fsp3) is 0.0714. The third kappa shape index (κ3) is 3.47. The van der Waals surface area contributed by atoms with E-state index in [0.29, 0.717) is 10.6 Å². The molecule has 0 saturated carbocycles. The molecule has 0 radical (unpaired) electrons. The Morgan fingerprint density at radius 3 is 2.59 bits per heavy atom. The third-order valence-electron chi connectivity index (χ3n) is 2.94. The van der Waals surface area contributed by atoms with E-state index in [2.05, 4.69) is 5.32 Å².